The molecule has 134 valence electrons. The Bertz CT molecular complexity index is 918. The van der Waals surface area contributed by atoms with E-state index in [1.54, 1.807) is 0 Å². The van der Waals surface area contributed by atoms with Crippen molar-refractivity contribution in [2.45, 2.75) is 32.1 Å². The van der Waals surface area contributed by atoms with Gasteiger partial charge in [-0.3, -0.25) is 4.79 Å². The molecule has 0 radical (unpaired) electrons. The van der Waals surface area contributed by atoms with Crippen LogP contribution in [-0.2, 0) is 11.3 Å². The summed E-state index contributed by atoms with van der Waals surface area (Å²) in [7, 11) is 0. The van der Waals surface area contributed by atoms with Gasteiger partial charge < -0.3 is 19.4 Å². The first-order valence-corrected chi connectivity index (χ1v) is 8.96. The van der Waals surface area contributed by atoms with Crippen molar-refractivity contribution in [1.29, 1.82) is 0 Å². The summed E-state index contributed by atoms with van der Waals surface area (Å²) in [6.07, 6.45) is 1.99. The van der Waals surface area contributed by atoms with Crippen molar-refractivity contribution >= 4 is 16.8 Å². The first-order valence-electron chi connectivity index (χ1n) is 8.96. The molecule has 0 saturated carbocycles. The molecule has 5 heteroatoms. The molecular formula is C21H22N2O3. The number of para-hydroxylation sites is 3. The third-order valence-electron chi connectivity index (χ3n) is 4.66. The summed E-state index contributed by atoms with van der Waals surface area (Å²) < 4.78 is 13.8. The number of amides is 1. The Morgan fingerprint density at radius 2 is 1.77 bits per heavy atom. The van der Waals surface area contributed by atoms with E-state index in [9.17, 15) is 4.79 Å². The third kappa shape index (κ3) is 3.25. The number of aryl methyl sites for hydroxylation is 1. The summed E-state index contributed by atoms with van der Waals surface area (Å²) in [5.74, 6) is 1.16. The minimum Gasteiger partial charge on any atom is -0.482 e. The van der Waals surface area contributed by atoms with Gasteiger partial charge in [-0.2, -0.15) is 0 Å². The van der Waals surface area contributed by atoms with Crippen molar-refractivity contribution in [3.63, 3.8) is 0 Å². The lowest BCUT2D eigenvalue weighted by Crippen LogP contribution is -2.49. The summed E-state index contributed by atoms with van der Waals surface area (Å²) in [4.78, 5) is 12.5. The first-order chi connectivity index (χ1) is 12.7. The number of hydrogen-bond acceptors (Lipinski definition) is 3. The lowest BCUT2D eigenvalue weighted by Gasteiger charge is -2.31. The molecule has 3 aromatic rings. The molecule has 5 nitrogen and oxygen atoms in total. The summed E-state index contributed by atoms with van der Waals surface area (Å²) in [5.41, 5.74) is 1.22. The molecule has 0 fully saturated rings. The Hall–Kier alpha value is -2.95. The maximum atomic E-state index is 12.5. The Morgan fingerprint density at radius 3 is 2.62 bits per heavy atom. The summed E-state index contributed by atoms with van der Waals surface area (Å²) >= 11 is 0. The van der Waals surface area contributed by atoms with E-state index < -0.39 is 6.10 Å². The zero-order chi connectivity index (χ0) is 17.9. The van der Waals surface area contributed by atoms with Crippen LogP contribution in [0.3, 0.4) is 0 Å². The lowest BCUT2D eigenvalue weighted by atomic mass is 10.1. The number of carbonyl (C=O) groups is 1. The number of nitrogens with one attached hydrogen (secondary N) is 1. The molecule has 1 aliphatic rings. The second-order valence-electron chi connectivity index (χ2n) is 6.52. The largest absolute Gasteiger partial charge is 0.482 e. The number of rotatable bonds is 5. The maximum Gasteiger partial charge on any atom is 0.265 e. The van der Waals surface area contributed by atoms with Gasteiger partial charge in [0.2, 0.25) is 6.10 Å². The molecule has 4 rings (SSSR count). The average molecular weight is 350 g/mol. The summed E-state index contributed by atoms with van der Waals surface area (Å²) in [6.45, 7) is 3.31. The van der Waals surface area contributed by atoms with Crippen LogP contribution in [0.2, 0.25) is 0 Å². The van der Waals surface area contributed by atoms with E-state index in [2.05, 4.69) is 34.3 Å². The van der Waals surface area contributed by atoms with Crippen LogP contribution in [-0.4, -0.2) is 29.2 Å². The molecule has 2 atom stereocenters. The number of ether oxygens (including phenoxy) is 2. The molecule has 1 amide bonds. The quantitative estimate of drug-likeness (QED) is 0.718. The van der Waals surface area contributed by atoms with E-state index in [1.165, 1.54) is 10.9 Å². The molecule has 0 aliphatic carbocycles. The average Bonchev–Trinajstić information content (AvgIpc) is 3.07. The third-order valence-corrected chi connectivity index (χ3v) is 4.66. The predicted molar refractivity (Wildman–Crippen MR) is 101 cm³/mol. The number of nitrogens with zero attached hydrogens (tertiary/aromatic N) is 1. The molecular weight excluding hydrogens is 328 g/mol. The highest BCUT2D eigenvalue weighted by Crippen LogP contribution is 2.33. The Balaban J connectivity index is 1.30. The number of carbonyl (C=O) groups excluding carboxylic acids is 1. The molecule has 1 aliphatic heterocycles. The molecule has 1 aromatic heterocycles. The molecule has 0 bridgehead atoms. The van der Waals surface area contributed by atoms with Crippen LogP contribution in [0.1, 0.15) is 13.3 Å². The van der Waals surface area contributed by atoms with Crippen molar-refractivity contribution in [3.8, 4) is 11.5 Å². The summed E-state index contributed by atoms with van der Waals surface area (Å²) in [5, 5.41) is 4.20. The van der Waals surface area contributed by atoms with E-state index in [-0.39, 0.29) is 12.0 Å². The molecule has 2 unspecified atom stereocenters. The van der Waals surface area contributed by atoms with Crippen molar-refractivity contribution in [3.05, 3.63) is 60.8 Å². The molecule has 0 saturated heterocycles. The van der Waals surface area contributed by atoms with Crippen LogP contribution in [0.5, 0.6) is 11.5 Å². The number of fused-ring (bicyclic) bond motifs is 2. The van der Waals surface area contributed by atoms with Crippen molar-refractivity contribution in [2.24, 2.45) is 0 Å². The number of benzene rings is 2. The van der Waals surface area contributed by atoms with Gasteiger partial charge in [0.05, 0.1) is 0 Å². The van der Waals surface area contributed by atoms with Gasteiger partial charge in [-0.05, 0) is 43.0 Å². The topological polar surface area (TPSA) is 52.5 Å². The zero-order valence-corrected chi connectivity index (χ0v) is 14.7. The number of hydrogen-bond donors (Lipinski definition) is 1. The SMILES string of the molecule is CC1Oc2ccccc2OC1C(=O)NCCCn1ccc2ccccc21. The smallest absolute Gasteiger partial charge is 0.265 e. The molecule has 0 spiro atoms. The van der Waals surface area contributed by atoms with Gasteiger partial charge in [0.1, 0.15) is 6.10 Å². The van der Waals surface area contributed by atoms with E-state index >= 15 is 0 Å². The molecule has 2 aromatic carbocycles. The monoisotopic (exact) mass is 350 g/mol. The first kappa shape index (κ1) is 16.5. The minimum atomic E-state index is -0.627. The molecule has 2 heterocycles. The van der Waals surface area contributed by atoms with Crippen LogP contribution in [0.4, 0.5) is 0 Å². The van der Waals surface area contributed by atoms with Gasteiger partial charge in [-0.25, -0.2) is 0 Å². The minimum absolute atomic E-state index is 0.135. The van der Waals surface area contributed by atoms with Crippen molar-refractivity contribution < 1.29 is 14.3 Å². The second kappa shape index (κ2) is 7.12. The van der Waals surface area contributed by atoms with Crippen LogP contribution >= 0.6 is 0 Å². The van der Waals surface area contributed by atoms with Gasteiger partial charge in [-0.1, -0.05) is 30.3 Å². The van der Waals surface area contributed by atoms with Crippen molar-refractivity contribution in [1.82, 2.24) is 9.88 Å². The van der Waals surface area contributed by atoms with Crippen LogP contribution in [0, 0.1) is 0 Å². The van der Waals surface area contributed by atoms with E-state index in [4.69, 9.17) is 9.47 Å². The van der Waals surface area contributed by atoms with Gasteiger partial charge in [0.25, 0.3) is 5.91 Å². The Labute approximate surface area is 152 Å². The Morgan fingerprint density at radius 1 is 1.04 bits per heavy atom. The maximum absolute atomic E-state index is 12.5. The zero-order valence-electron chi connectivity index (χ0n) is 14.7. The summed E-state index contributed by atoms with van der Waals surface area (Å²) in [6, 6.07) is 17.8. The van der Waals surface area contributed by atoms with E-state index in [0.717, 1.165) is 13.0 Å². The highest BCUT2D eigenvalue weighted by Gasteiger charge is 2.33. The highest BCUT2D eigenvalue weighted by molar-refractivity contribution is 5.82. The van der Waals surface area contributed by atoms with Crippen LogP contribution in [0.15, 0.2) is 60.8 Å². The number of aromatic nitrogens is 1. The van der Waals surface area contributed by atoms with E-state index in [1.807, 2.05) is 43.3 Å². The Kier molecular flexibility index (Phi) is 4.52. The second-order valence-corrected chi connectivity index (χ2v) is 6.52. The fraction of sp³-hybridized carbons (Fsp3) is 0.286. The lowest BCUT2D eigenvalue weighted by molar-refractivity contribution is -0.133. The predicted octanol–water partition coefficient (Wildman–Crippen LogP) is 3.38. The van der Waals surface area contributed by atoms with Crippen molar-refractivity contribution in [2.75, 3.05) is 6.54 Å². The fourth-order valence-corrected chi connectivity index (χ4v) is 3.30. The standard InChI is InChI=1S/C21H22N2O3/c1-15-20(26-19-10-5-4-9-18(19)25-15)21(24)22-12-6-13-23-14-11-16-7-2-3-8-17(16)23/h2-5,7-11,14-15,20H,6,12-13H2,1H3,(H,22,24). The molecule has 26 heavy (non-hydrogen) atoms. The van der Waals surface area contributed by atoms with Gasteiger partial charge in [0, 0.05) is 24.8 Å². The van der Waals surface area contributed by atoms with Crippen LogP contribution in [0.25, 0.3) is 10.9 Å². The van der Waals surface area contributed by atoms with Crippen LogP contribution < -0.4 is 14.8 Å². The van der Waals surface area contributed by atoms with Gasteiger partial charge in [0.15, 0.2) is 11.5 Å². The molecule has 1 N–H and O–H groups in total. The highest BCUT2D eigenvalue weighted by atomic mass is 16.6. The fourth-order valence-electron chi connectivity index (χ4n) is 3.30. The van der Waals surface area contributed by atoms with E-state index in [0.29, 0.717) is 18.0 Å². The normalized spacial score (nSPS) is 18.7. The van der Waals surface area contributed by atoms with Gasteiger partial charge >= 0.3 is 0 Å². The van der Waals surface area contributed by atoms with Gasteiger partial charge in [-0.15, -0.1) is 0 Å².